The Morgan fingerprint density at radius 2 is 1.84 bits per heavy atom. The van der Waals surface area contributed by atoms with Crippen LogP contribution in [0.25, 0.3) is 0 Å². The van der Waals surface area contributed by atoms with E-state index in [1.165, 1.54) is 6.92 Å². The summed E-state index contributed by atoms with van der Waals surface area (Å²) in [5.74, 6) is 5.40. The molecule has 0 aliphatic carbocycles. The number of ketones is 1. The van der Waals surface area contributed by atoms with Crippen LogP contribution in [0.5, 0.6) is 0 Å². The van der Waals surface area contributed by atoms with Crippen LogP contribution in [0.2, 0.25) is 0 Å². The number of aliphatic hydroxyl groups excluding tert-OH is 2. The van der Waals surface area contributed by atoms with Gasteiger partial charge < -0.3 is 25.3 Å². The van der Waals surface area contributed by atoms with Crippen molar-refractivity contribution in [1.29, 1.82) is 0 Å². The van der Waals surface area contributed by atoms with E-state index in [1.807, 2.05) is 24.3 Å². The van der Waals surface area contributed by atoms with E-state index < -0.39 is 30.6 Å². The first-order valence-electron chi connectivity index (χ1n) is 9.98. The maximum Gasteiger partial charge on any atom is 0.318 e. The number of nitrogens with one attached hydrogen (secondary N) is 1. The SMILES string of the molecule is C[C@H](O)[C@@H](NC(=O)N1CCN(c2ccc(C#Cc3cnccn3)cc2)CC1)C(=O)CO. The Bertz CT molecular complexity index is 945. The number of rotatable bonds is 5. The van der Waals surface area contributed by atoms with Gasteiger partial charge in [-0.15, -0.1) is 0 Å². The molecule has 0 spiro atoms. The van der Waals surface area contributed by atoms with Gasteiger partial charge in [-0.25, -0.2) is 9.78 Å². The quantitative estimate of drug-likeness (QED) is 0.580. The van der Waals surface area contributed by atoms with Crippen molar-refractivity contribution in [2.75, 3.05) is 37.7 Å². The summed E-state index contributed by atoms with van der Waals surface area (Å²) in [5.41, 5.74) is 2.51. The van der Waals surface area contributed by atoms with Gasteiger partial charge in [0.05, 0.1) is 12.3 Å². The summed E-state index contributed by atoms with van der Waals surface area (Å²) in [6.07, 6.45) is 3.73. The van der Waals surface area contributed by atoms with Gasteiger partial charge in [0.25, 0.3) is 0 Å². The summed E-state index contributed by atoms with van der Waals surface area (Å²) in [7, 11) is 0. The lowest BCUT2D eigenvalue weighted by Crippen LogP contribution is -2.57. The van der Waals surface area contributed by atoms with Crippen LogP contribution in [0, 0.1) is 11.8 Å². The number of carbonyl (C=O) groups is 2. The lowest BCUT2D eigenvalue weighted by atomic mass is 10.1. The summed E-state index contributed by atoms with van der Waals surface area (Å²) < 4.78 is 0. The fraction of sp³-hybridized carbons (Fsp3) is 0.364. The first kappa shape index (κ1) is 22.2. The van der Waals surface area contributed by atoms with Gasteiger partial charge in [0, 0.05) is 49.8 Å². The predicted molar refractivity (Wildman–Crippen MR) is 114 cm³/mol. The highest BCUT2D eigenvalue weighted by Gasteiger charge is 2.28. The minimum absolute atomic E-state index is 0.429. The zero-order valence-electron chi connectivity index (χ0n) is 17.2. The Hall–Kier alpha value is -3.48. The number of hydrogen-bond donors (Lipinski definition) is 3. The monoisotopic (exact) mass is 423 g/mol. The van der Waals surface area contributed by atoms with Crippen molar-refractivity contribution < 1.29 is 19.8 Å². The molecule has 3 N–H and O–H groups in total. The number of benzene rings is 1. The molecule has 0 radical (unpaired) electrons. The Morgan fingerprint density at radius 3 is 2.42 bits per heavy atom. The van der Waals surface area contributed by atoms with Crippen molar-refractivity contribution in [3.63, 3.8) is 0 Å². The number of carbonyl (C=O) groups excluding carboxylic acids is 2. The van der Waals surface area contributed by atoms with Gasteiger partial charge in [-0.05, 0) is 37.1 Å². The van der Waals surface area contributed by atoms with E-state index in [2.05, 4.69) is 32.0 Å². The van der Waals surface area contributed by atoms with Gasteiger partial charge in [0.2, 0.25) is 0 Å². The molecule has 2 atom stereocenters. The summed E-state index contributed by atoms with van der Waals surface area (Å²) in [6, 6.07) is 6.30. The second-order valence-corrected chi connectivity index (χ2v) is 7.15. The van der Waals surface area contributed by atoms with Crippen LogP contribution in [-0.4, -0.2) is 81.8 Å². The Balaban J connectivity index is 1.54. The normalized spacial score (nSPS) is 15.5. The van der Waals surface area contributed by atoms with E-state index in [0.717, 1.165) is 11.3 Å². The zero-order chi connectivity index (χ0) is 22.2. The molecule has 3 rings (SSSR count). The third-order valence-corrected chi connectivity index (χ3v) is 4.96. The van der Waals surface area contributed by atoms with Gasteiger partial charge in [0.15, 0.2) is 5.78 Å². The van der Waals surface area contributed by atoms with Gasteiger partial charge in [0.1, 0.15) is 18.3 Å². The minimum atomic E-state index is -1.12. The fourth-order valence-electron chi connectivity index (χ4n) is 3.22. The second kappa shape index (κ2) is 10.5. The van der Waals surface area contributed by atoms with Crippen LogP contribution in [0.15, 0.2) is 42.9 Å². The van der Waals surface area contributed by atoms with Crippen molar-refractivity contribution in [3.05, 3.63) is 54.1 Å². The molecule has 31 heavy (non-hydrogen) atoms. The van der Waals surface area contributed by atoms with E-state index >= 15 is 0 Å². The van der Waals surface area contributed by atoms with E-state index in [9.17, 15) is 14.7 Å². The molecular weight excluding hydrogens is 398 g/mol. The first-order chi connectivity index (χ1) is 15.0. The van der Waals surface area contributed by atoms with E-state index in [-0.39, 0.29) is 0 Å². The maximum atomic E-state index is 12.4. The number of aromatic nitrogens is 2. The molecule has 9 nitrogen and oxygen atoms in total. The molecule has 2 amide bonds. The number of urea groups is 1. The Morgan fingerprint density at radius 1 is 1.13 bits per heavy atom. The summed E-state index contributed by atoms with van der Waals surface area (Å²) in [6.45, 7) is 2.87. The van der Waals surface area contributed by atoms with Gasteiger partial charge >= 0.3 is 6.03 Å². The van der Waals surface area contributed by atoms with Gasteiger partial charge in [-0.3, -0.25) is 9.78 Å². The highest BCUT2D eigenvalue weighted by molar-refractivity contribution is 5.89. The molecule has 1 fully saturated rings. The molecule has 162 valence electrons. The van der Waals surface area contributed by atoms with Crippen molar-refractivity contribution in [2.45, 2.75) is 19.1 Å². The van der Waals surface area contributed by atoms with Gasteiger partial charge in [-0.1, -0.05) is 5.92 Å². The number of hydrogen-bond acceptors (Lipinski definition) is 7. The number of Topliss-reactive ketones (excluding diaryl/α,β-unsaturated/α-hetero) is 1. The Labute approximate surface area is 180 Å². The molecule has 1 aromatic carbocycles. The van der Waals surface area contributed by atoms with Crippen LogP contribution in [-0.2, 0) is 4.79 Å². The molecule has 1 aliphatic heterocycles. The highest BCUT2D eigenvalue weighted by Crippen LogP contribution is 2.17. The van der Waals surface area contributed by atoms with Gasteiger partial charge in [-0.2, -0.15) is 0 Å². The van der Waals surface area contributed by atoms with E-state index in [0.29, 0.717) is 31.9 Å². The summed E-state index contributed by atoms with van der Waals surface area (Å²) >= 11 is 0. The molecule has 2 aromatic rings. The number of amides is 2. The third-order valence-electron chi connectivity index (χ3n) is 4.96. The van der Waals surface area contributed by atoms with Crippen LogP contribution in [0.4, 0.5) is 10.5 Å². The van der Waals surface area contributed by atoms with Crippen molar-refractivity contribution in [3.8, 4) is 11.8 Å². The minimum Gasteiger partial charge on any atom is -0.391 e. The topological polar surface area (TPSA) is 119 Å². The van der Waals surface area contributed by atoms with E-state index in [1.54, 1.807) is 23.5 Å². The predicted octanol–water partition coefficient (Wildman–Crippen LogP) is 0.0188. The fourth-order valence-corrected chi connectivity index (χ4v) is 3.22. The van der Waals surface area contributed by atoms with Crippen LogP contribution in [0.1, 0.15) is 18.2 Å². The number of nitrogens with zero attached hydrogens (tertiary/aromatic N) is 4. The lowest BCUT2D eigenvalue weighted by Gasteiger charge is -2.36. The Kier molecular flexibility index (Phi) is 7.54. The molecule has 1 aliphatic rings. The molecule has 9 heteroatoms. The lowest BCUT2D eigenvalue weighted by molar-refractivity contribution is -0.125. The standard InChI is InChI=1S/C22H25N5O4/c1-16(29)21(20(30)15-28)25-22(31)27-12-10-26(11-13-27)19-6-3-17(4-7-19)2-5-18-14-23-8-9-24-18/h3-4,6-9,14,16,21,28-29H,10-13,15H2,1H3,(H,25,31)/t16-,21+/m0/s1. The van der Waals surface area contributed by atoms with Crippen molar-refractivity contribution in [1.82, 2.24) is 20.2 Å². The van der Waals surface area contributed by atoms with E-state index in [4.69, 9.17) is 5.11 Å². The maximum absolute atomic E-state index is 12.4. The zero-order valence-corrected chi connectivity index (χ0v) is 17.2. The molecule has 2 heterocycles. The average Bonchev–Trinajstić information content (AvgIpc) is 2.81. The average molecular weight is 423 g/mol. The first-order valence-corrected chi connectivity index (χ1v) is 9.98. The molecule has 0 saturated carbocycles. The molecule has 1 aromatic heterocycles. The summed E-state index contributed by atoms with van der Waals surface area (Å²) in [4.78, 5) is 36.0. The van der Waals surface area contributed by atoms with Crippen LogP contribution < -0.4 is 10.2 Å². The molecular formula is C22H25N5O4. The highest BCUT2D eigenvalue weighted by atomic mass is 16.3. The third kappa shape index (κ3) is 6.01. The molecule has 0 unspecified atom stereocenters. The second-order valence-electron chi connectivity index (χ2n) is 7.15. The number of anilines is 1. The number of aliphatic hydroxyl groups is 2. The number of piperazine rings is 1. The van der Waals surface area contributed by atoms with Crippen LogP contribution >= 0.6 is 0 Å². The molecule has 0 bridgehead atoms. The largest absolute Gasteiger partial charge is 0.391 e. The summed E-state index contributed by atoms with van der Waals surface area (Å²) in [5, 5.41) is 21.2. The van der Waals surface area contributed by atoms with Crippen LogP contribution in [0.3, 0.4) is 0 Å². The smallest absolute Gasteiger partial charge is 0.318 e. The molecule has 1 saturated heterocycles. The van der Waals surface area contributed by atoms with Crippen molar-refractivity contribution >= 4 is 17.5 Å². The van der Waals surface area contributed by atoms with Crippen molar-refractivity contribution in [2.24, 2.45) is 0 Å².